The maximum absolute atomic E-state index is 14.2. The van der Waals surface area contributed by atoms with E-state index in [1.807, 2.05) is 0 Å². The Labute approximate surface area is 192 Å². The summed E-state index contributed by atoms with van der Waals surface area (Å²) in [6, 6.07) is 7.79. The van der Waals surface area contributed by atoms with E-state index in [1.54, 1.807) is 25.1 Å². The number of benzene rings is 2. The Morgan fingerprint density at radius 3 is 2.33 bits per heavy atom. The molecular weight excluding hydrogens is 431 g/mol. The summed E-state index contributed by atoms with van der Waals surface area (Å²) in [4.78, 5) is 4.40. The SMILES string of the molecule is CC1=NC(CO)(c2ccc3c(C(F)(F)F)c(OC4CCC(C(C)(C)C)CC4)ccc3c2)CO1. The molecule has 0 amide bonds. The second-order valence-electron chi connectivity index (χ2n) is 10.4. The number of aliphatic imine (C=N–C) groups is 1. The van der Waals surface area contributed by atoms with Gasteiger partial charge in [-0.05, 0) is 65.5 Å². The molecule has 2 aliphatic rings. The number of fused-ring (bicyclic) bond motifs is 1. The van der Waals surface area contributed by atoms with Crippen molar-refractivity contribution in [1.82, 2.24) is 0 Å². The molecule has 4 nitrogen and oxygen atoms in total. The average molecular weight is 464 g/mol. The van der Waals surface area contributed by atoms with Gasteiger partial charge < -0.3 is 14.6 Å². The van der Waals surface area contributed by atoms with E-state index in [-0.39, 0.29) is 35.9 Å². The fraction of sp³-hybridized carbons (Fsp3) is 0.577. The van der Waals surface area contributed by atoms with E-state index in [1.165, 1.54) is 12.1 Å². The number of nitrogens with zero attached hydrogens (tertiary/aromatic N) is 1. The monoisotopic (exact) mass is 463 g/mol. The zero-order chi connectivity index (χ0) is 24.0. The summed E-state index contributed by atoms with van der Waals surface area (Å²) >= 11 is 0. The van der Waals surface area contributed by atoms with Crippen LogP contribution < -0.4 is 4.74 Å². The lowest BCUT2D eigenvalue weighted by Gasteiger charge is -2.37. The summed E-state index contributed by atoms with van der Waals surface area (Å²) < 4.78 is 53.9. The molecule has 1 unspecified atom stereocenters. The van der Waals surface area contributed by atoms with Crippen molar-refractivity contribution in [2.24, 2.45) is 16.3 Å². The molecule has 0 saturated heterocycles. The highest BCUT2D eigenvalue weighted by molar-refractivity contribution is 5.89. The minimum atomic E-state index is -4.56. The Morgan fingerprint density at radius 2 is 1.79 bits per heavy atom. The fourth-order valence-electron chi connectivity index (χ4n) is 5.13. The third-order valence-corrected chi connectivity index (χ3v) is 7.15. The van der Waals surface area contributed by atoms with Crippen molar-refractivity contribution in [3.8, 4) is 5.75 Å². The molecule has 0 bridgehead atoms. The molecule has 33 heavy (non-hydrogen) atoms. The number of aliphatic hydroxyl groups is 1. The molecule has 0 radical (unpaired) electrons. The molecule has 1 fully saturated rings. The van der Waals surface area contributed by atoms with Crippen molar-refractivity contribution >= 4 is 16.7 Å². The quantitative estimate of drug-likeness (QED) is 0.565. The summed E-state index contributed by atoms with van der Waals surface area (Å²) in [6.07, 6.45) is -1.35. The van der Waals surface area contributed by atoms with Crippen molar-refractivity contribution < 1.29 is 27.8 Å². The molecule has 180 valence electrons. The molecule has 1 saturated carbocycles. The minimum absolute atomic E-state index is 0.0832. The number of rotatable bonds is 4. The van der Waals surface area contributed by atoms with E-state index in [9.17, 15) is 18.3 Å². The van der Waals surface area contributed by atoms with Crippen LogP contribution in [0.2, 0.25) is 0 Å². The summed E-state index contributed by atoms with van der Waals surface area (Å²) in [5.41, 5.74) is -0.916. The maximum atomic E-state index is 14.2. The highest BCUT2D eigenvalue weighted by Crippen LogP contribution is 2.45. The first kappa shape index (κ1) is 23.9. The van der Waals surface area contributed by atoms with Crippen molar-refractivity contribution in [3.63, 3.8) is 0 Å². The lowest BCUT2D eigenvalue weighted by atomic mass is 9.72. The molecule has 1 heterocycles. The normalized spacial score (nSPS) is 26.2. The van der Waals surface area contributed by atoms with Gasteiger partial charge in [-0.2, -0.15) is 13.2 Å². The van der Waals surface area contributed by atoms with Gasteiger partial charge in [0.15, 0.2) is 5.90 Å². The fourth-order valence-corrected chi connectivity index (χ4v) is 5.13. The van der Waals surface area contributed by atoms with Crippen LogP contribution in [0.25, 0.3) is 10.8 Å². The molecule has 0 spiro atoms. The molecular formula is C26H32F3NO3. The number of hydrogen-bond acceptors (Lipinski definition) is 4. The molecule has 1 aliphatic carbocycles. The molecule has 1 aliphatic heterocycles. The average Bonchev–Trinajstić information content (AvgIpc) is 3.14. The van der Waals surface area contributed by atoms with E-state index in [0.717, 1.165) is 25.7 Å². The Balaban J connectivity index is 1.66. The van der Waals surface area contributed by atoms with Crippen LogP contribution in [-0.2, 0) is 16.5 Å². The van der Waals surface area contributed by atoms with Gasteiger partial charge in [-0.1, -0.05) is 39.0 Å². The standard InChI is InChI=1S/C26H32F3NO3/c1-16-30-25(14-31,15-32-16)19-8-11-21-17(13-19)5-12-22(23(21)26(27,28)29)33-20-9-6-18(7-10-20)24(2,3)4/h5,8,11-13,18,20,31H,6-7,9-10,14-15H2,1-4H3. The van der Waals surface area contributed by atoms with Crippen LogP contribution in [0.3, 0.4) is 0 Å². The number of hydrogen-bond donors (Lipinski definition) is 1. The highest BCUT2D eigenvalue weighted by Gasteiger charge is 2.40. The Kier molecular flexibility index (Phi) is 6.14. The molecule has 4 rings (SSSR count). The second-order valence-corrected chi connectivity index (χ2v) is 10.4. The predicted octanol–water partition coefficient (Wildman–Crippen LogP) is 6.48. The van der Waals surface area contributed by atoms with E-state index < -0.39 is 17.3 Å². The number of ether oxygens (including phenoxy) is 2. The lowest BCUT2D eigenvalue weighted by molar-refractivity contribution is -0.138. The molecule has 2 aromatic rings. The van der Waals surface area contributed by atoms with Crippen molar-refractivity contribution in [3.05, 3.63) is 41.5 Å². The summed E-state index contributed by atoms with van der Waals surface area (Å²) in [7, 11) is 0. The van der Waals surface area contributed by atoms with Crippen molar-refractivity contribution in [1.29, 1.82) is 0 Å². The smallest absolute Gasteiger partial charge is 0.420 e. The summed E-state index contributed by atoms with van der Waals surface area (Å²) in [6.45, 7) is 8.20. The highest BCUT2D eigenvalue weighted by atomic mass is 19.4. The topological polar surface area (TPSA) is 51.1 Å². The van der Waals surface area contributed by atoms with Crippen molar-refractivity contribution in [2.75, 3.05) is 13.2 Å². The van der Waals surface area contributed by atoms with Crippen LogP contribution in [-0.4, -0.2) is 30.3 Å². The van der Waals surface area contributed by atoms with Gasteiger partial charge in [0.2, 0.25) is 0 Å². The number of aliphatic hydroxyl groups excluding tert-OH is 1. The van der Waals surface area contributed by atoms with Gasteiger partial charge in [0.1, 0.15) is 23.5 Å². The van der Waals surface area contributed by atoms with E-state index in [4.69, 9.17) is 9.47 Å². The molecule has 2 aromatic carbocycles. The van der Waals surface area contributed by atoms with Crippen LogP contribution >= 0.6 is 0 Å². The minimum Gasteiger partial charge on any atom is -0.490 e. The van der Waals surface area contributed by atoms with Gasteiger partial charge in [0.25, 0.3) is 0 Å². The van der Waals surface area contributed by atoms with Gasteiger partial charge in [-0.3, -0.25) is 0 Å². The maximum Gasteiger partial charge on any atom is 0.420 e. The zero-order valence-electron chi connectivity index (χ0n) is 19.6. The van der Waals surface area contributed by atoms with Gasteiger partial charge in [0.05, 0.1) is 12.7 Å². The lowest BCUT2D eigenvalue weighted by Crippen LogP contribution is -2.31. The van der Waals surface area contributed by atoms with Crippen LogP contribution in [0.15, 0.2) is 35.3 Å². The Morgan fingerprint density at radius 1 is 1.09 bits per heavy atom. The first-order chi connectivity index (χ1) is 15.4. The van der Waals surface area contributed by atoms with Crippen LogP contribution in [0, 0.1) is 11.3 Å². The molecule has 0 aromatic heterocycles. The zero-order valence-corrected chi connectivity index (χ0v) is 19.6. The van der Waals surface area contributed by atoms with Gasteiger partial charge >= 0.3 is 6.18 Å². The van der Waals surface area contributed by atoms with E-state index in [0.29, 0.717) is 22.8 Å². The van der Waals surface area contributed by atoms with Crippen molar-refractivity contribution in [2.45, 2.75) is 71.2 Å². The van der Waals surface area contributed by atoms with Crippen LogP contribution in [0.4, 0.5) is 13.2 Å². The predicted molar refractivity (Wildman–Crippen MR) is 123 cm³/mol. The van der Waals surface area contributed by atoms with Gasteiger partial charge in [-0.15, -0.1) is 0 Å². The Bertz CT molecular complexity index is 1050. The number of alkyl halides is 3. The summed E-state index contributed by atoms with van der Waals surface area (Å²) in [5, 5.41) is 10.5. The van der Waals surface area contributed by atoms with Crippen LogP contribution in [0.1, 0.15) is 64.5 Å². The molecule has 7 heteroatoms. The first-order valence-corrected chi connectivity index (χ1v) is 11.5. The largest absolute Gasteiger partial charge is 0.490 e. The van der Waals surface area contributed by atoms with Gasteiger partial charge in [0, 0.05) is 6.92 Å². The number of halogens is 3. The molecule has 1 N–H and O–H groups in total. The first-order valence-electron chi connectivity index (χ1n) is 11.5. The Hall–Kier alpha value is -2.28. The molecule has 1 atom stereocenters. The second kappa shape index (κ2) is 8.49. The van der Waals surface area contributed by atoms with Crippen LogP contribution in [0.5, 0.6) is 5.75 Å². The summed E-state index contributed by atoms with van der Waals surface area (Å²) in [5.74, 6) is 0.890. The van der Waals surface area contributed by atoms with E-state index >= 15 is 0 Å². The third-order valence-electron chi connectivity index (χ3n) is 7.15. The van der Waals surface area contributed by atoms with E-state index in [2.05, 4.69) is 25.8 Å². The van der Waals surface area contributed by atoms with Gasteiger partial charge in [-0.25, -0.2) is 4.99 Å². The third kappa shape index (κ3) is 4.70.